The first-order chi connectivity index (χ1) is 9.54. The van der Waals surface area contributed by atoms with Gasteiger partial charge in [-0.25, -0.2) is 0 Å². The fraction of sp³-hybridized carbons (Fsp3) is 0. The maximum Gasteiger partial charge on any atom is 0.256 e. The summed E-state index contributed by atoms with van der Waals surface area (Å²) in [7, 11) is 0. The zero-order valence-electron chi connectivity index (χ0n) is 10.1. The molecule has 2 aromatic rings. The maximum absolute atomic E-state index is 12.0. The van der Waals surface area contributed by atoms with Crippen molar-refractivity contribution >= 4 is 62.4 Å². The molecule has 0 spiro atoms. The predicted molar refractivity (Wildman–Crippen MR) is 87.1 cm³/mol. The second-order valence-corrected chi connectivity index (χ2v) is 6.11. The molecule has 0 aromatic heterocycles. The number of halogens is 3. The fourth-order valence-electron chi connectivity index (χ4n) is 2.07. The summed E-state index contributed by atoms with van der Waals surface area (Å²) in [5, 5.41) is 3.79. The Balaban J connectivity index is 2.10. The maximum atomic E-state index is 12.0. The number of benzene rings is 2. The van der Waals surface area contributed by atoms with Crippen molar-refractivity contribution in [3.8, 4) is 0 Å². The van der Waals surface area contributed by atoms with Gasteiger partial charge < -0.3 is 5.32 Å². The van der Waals surface area contributed by atoms with E-state index in [4.69, 9.17) is 23.2 Å². The first kappa shape index (κ1) is 13.7. The summed E-state index contributed by atoms with van der Waals surface area (Å²) in [6.07, 6.45) is 1.80. The molecule has 0 saturated heterocycles. The van der Waals surface area contributed by atoms with Crippen LogP contribution in [0.25, 0.3) is 11.6 Å². The molecule has 0 fully saturated rings. The fourth-order valence-corrected chi connectivity index (χ4v) is 2.74. The monoisotopic (exact) mass is 367 g/mol. The largest absolute Gasteiger partial charge is 0.321 e. The van der Waals surface area contributed by atoms with E-state index < -0.39 is 0 Å². The van der Waals surface area contributed by atoms with Crippen molar-refractivity contribution in [1.82, 2.24) is 0 Å². The quantitative estimate of drug-likeness (QED) is 0.684. The molecule has 20 heavy (non-hydrogen) atoms. The smallest absolute Gasteiger partial charge is 0.256 e. The Morgan fingerprint density at radius 1 is 1.05 bits per heavy atom. The van der Waals surface area contributed by atoms with E-state index in [0.29, 0.717) is 15.6 Å². The lowest BCUT2D eigenvalue weighted by atomic mass is 10.0. The molecule has 3 rings (SSSR count). The molecule has 1 amide bonds. The first-order valence-corrected chi connectivity index (χ1v) is 7.37. The third-order valence-electron chi connectivity index (χ3n) is 3.02. The zero-order valence-corrected chi connectivity index (χ0v) is 13.2. The molecule has 0 unspecified atom stereocenters. The minimum absolute atomic E-state index is 0.121. The van der Waals surface area contributed by atoms with E-state index in [1.807, 2.05) is 24.3 Å². The molecular formula is C15H8BrCl2NO. The molecule has 2 nitrogen and oxygen atoms in total. The predicted octanol–water partition coefficient (Wildman–Crippen LogP) is 5.25. The highest BCUT2D eigenvalue weighted by atomic mass is 79.9. The minimum atomic E-state index is -0.121. The molecule has 5 heteroatoms. The molecule has 1 aliphatic heterocycles. The van der Waals surface area contributed by atoms with Crippen LogP contribution in [0.3, 0.4) is 0 Å². The summed E-state index contributed by atoms with van der Waals surface area (Å²) in [5.74, 6) is -0.121. The van der Waals surface area contributed by atoms with Crippen LogP contribution in [0.15, 0.2) is 40.9 Å². The number of carbonyl (C=O) groups excluding carboxylic acids is 1. The van der Waals surface area contributed by atoms with Crippen molar-refractivity contribution in [3.05, 3.63) is 62.0 Å². The molecular weight excluding hydrogens is 361 g/mol. The van der Waals surface area contributed by atoms with Gasteiger partial charge in [-0.1, -0.05) is 45.2 Å². The highest BCUT2D eigenvalue weighted by molar-refractivity contribution is 9.10. The number of carbonyl (C=O) groups is 1. The Morgan fingerprint density at radius 2 is 1.85 bits per heavy atom. The summed E-state index contributed by atoms with van der Waals surface area (Å²) >= 11 is 15.3. The summed E-state index contributed by atoms with van der Waals surface area (Å²) in [4.78, 5) is 12.0. The minimum Gasteiger partial charge on any atom is -0.321 e. The van der Waals surface area contributed by atoms with Gasteiger partial charge in [0.15, 0.2) is 0 Å². The Hall–Kier alpha value is -1.29. The van der Waals surface area contributed by atoms with Gasteiger partial charge in [-0.3, -0.25) is 4.79 Å². The van der Waals surface area contributed by atoms with Crippen molar-refractivity contribution in [2.24, 2.45) is 0 Å². The van der Waals surface area contributed by atoms with Crippen LogP contribution in [0.1, 0.15) is 11.1 Å². The van der Waals surface area contributed by atoms with Crippen LogP contribution in [0.5, 0.6) is 0 Å². The molecule has 0 aliphatic carbocycles. The second-order valence-electron chi connectivity index (χ2n) is 4.38. The third-order valence-corrected chi connectivity index (χ3v) is 4.25. The van der Waals surface area contributed by atoms with Crippen molar-refractivity contribution in [2.75, 3.05) is 5.32 Å². The van der Waals surface area contributed by atoms with E-state index in [2.05, 4.69) is 21.2 Å². The van der Waals surface area contributed by atoms with Crippen LogP contribution in [0.2, 0.25) is 10.0 Å². The van der Waals surface area contributed by atoms with Crippen molar-refractivity contribution in [2.45, 2.75) is 0 Å². The topological polar surface area (TPSA) is 29.1 Å². The lowest BCUT2D eigenvalue weighted by molar-refractivity contribution is -0.110. The Labute approximate surface area is 134 Å². The van der Waals surface area contributed by atoms with Crippen LogP contribution in [-0.4, -0.2) is 5.91 Å². The number of fused-ring (bicyclic) bond motifs is 1. The normalized spacial score (nSPS) is 15.3. The number of anilines is 1. The van der Waals surface area contributed by atoms with E-state index in [-0.39, 0.29) is 5.91 Å². The third kappa shape index (κ3) is 2.49. The molecule has 1 aliphatic rings. The van der Waals surface area contributed by atoms with E-state index in [1.54, 1.807) is 18.2 Å². The molecule has 0 saturated carbocycles. The Kier molecular flexibility index (Phi) is 3.59. The lowest BCUT2D eigenvalue weighted by Crippen LogP contribution is -2.03. The average Bonchev–Trinajstić information content (AvgIpc) is 2.70. The van der Waals surface area contributed by atoms with Gasteiger partial charge in [0.25, 0.3) is 5.91 Å². The van der Waals surface area contributed by atoms with E-state index in [9.17, 15) is 4.79 Å². The van der Waals surface area contributed by atoms with Crippen LogP contribution < -0.4 is 5.32 Å². The van der Waals surface area contributed by atoms with Gasteiger partial charge in [-0.05, 0) is 42.0 Å². The molecule has 1 N–H and O–H groups in total. The number of hydrogen-bond donors (Lipinski definition) is 1. The Morgan fingerprint density at radius 3 is 2.60 bits per heavy atom. The molecule has 0 bridgehead atoms. The molecule has 2 aromatic carbocycles. The second kappa shape index (κ2) is 5.24. The molecule has 0 radical (unpaired) electrons. The highest BCUT2D eigenvalue weighted by Crippen LogP contribution is 2.35. The van der Waals surface area contributed by atoms with E-state index in [1.165, 1.54) is 0 Å². The SMILES string of the molecule is O=C1Nc2ccc(Br)cc2/C1=C/c1ccc(Cl)c(Cl)c1. The molecule has 1 heterocycles. The average molecular weight is 369 g/mol. The number of rotatable bonds is 1. The van der Waals surface area contributed by atoms with Gasteiger partial charge >= 0.3 is 0 Å². The highest BCUT2D eigenvalue weighted by Gasteiger charge is 2.24. The van der Waals surface area contributed by atoms with Gasteiger partial charge in [0, 0.05) is 21.3 Å². The van der Waals surface area contributed by atoms with Crippen LogP contribution >= 0.6 is 39.1 Å². The first-order valence-electron chi connectivity index (χ1n) is 5.82. The van der Waals surface area contributed by atoms with Crippen LogP contribution in [-0.2, 0) is 4.79 Å². The zero-order chi connectivity index (χ0) is 14.3. The van der Waals surface area contributed by atoms with Gasteiger partial charge in [-0.2, -0.15) is 0 Å². The van der Waals surface area contributed by atoms with E-state index in [0.717, 1.165) is 21.3 Å². The van der Waals surface area contributed by atoms with Crippen molar-refractivity contribution in [3.63, 3.8) is 0 Å². The van der Waals surface area contributed by atoms with Gasteiger partial charge in [0.05, 0.1) is 10.0 Å². The van der Waals surface area contributed by atoms with Gasteiger partial charge in [0.1, 0.15) is 0 Å². The van der Waals surface area contributed by atoms with Crippen molar-refractivity contribution < 1.29 is 4.79 Å². The summed E-state index contributed by atoms with van der Waals surface area (Å²) in [6.45, 7) is 0. The van der Waals surface area contributed by atoms with Crippen LogP contribution in [0.4, 0.5) is 5.69 Å². The standard InChI is InChI=1S/C15H8BrCl2NO/c16-9-2-4-14-10(7-9)11(15(20)19-14)5-8-1-3-12(17)13(18)6-8/h1-7H,(H,19,20)/b11-5-. The summed E-state index contributed by atoms with van der Waals surface area (Å²) in [5.41, 5.74) is 3.12. The van der Waals surface area contributed by atoms with E-state index >= 15 is 0 Å². The molecule has 0 atom stereocenters. The number of nitrogens with one attached hydrogen (secondary N) is 1. The Bertz CT molecular complexity index is 756. The van der Waals surface area contributed by atoms with Gasteiger partial charge in [0.2, 0.25) is 0 Å². The number of amides is 1. The number of hydrogen-bond acceptors (Lipinski definition) is 1. The summed E-state index contributed by atoms with van der Waals surface area (Å²) in [6, 6.07) is 10.9. The lowest BCUT2D eigenvalue weighted by Gasteiger charge is -2.01. The van der Waals surface area contributed by atoms with Crippen LogP contribution in [0, 0.1) is 0 Å². The van der Waals surface area contributed by atoms with Crippen molar-refractivity contribution in [1.29, 1.82) is 0 Å². The van der Waals surface area contributed by atoms with Gasteiger partial charge in [-0.15, -0.1) is 0 Å². The molecule has 100 valence electrons. The summed E-state index contributed by atoms with van der Waals surface area (Å²) < 4.78 is 0.924.